The van der Waals surface area contributed by atoms with Crippen LogP contribution in [0.1, 0.15) is 30.1 Å². The number of carbonyl (C=O) groups excluding carboxylic acids is 1. The van der Waals surface area contributed by atoms with E-state index in [2.05, 4.69) is 10.6 Å². The smallest absolute Gasteiger partial charge is 0.339 e. The number of halogens is 1. The zero-order valence-electron chi connectivity index (χ0n) is 11.8. The van der Waals surface area contributed by atoms with Gasteiger partial charge in [0.25, 0.3) is 0 Å². The molecule has 1 rings (SSSR count). The first-order chi connectivity index (χ1) is 10.1. The summed E-state index contributed by atoms with van der Waals surface area (Å²) >= 11 is 5.81. The van der Waals surface area contributed by atoms with Gasteiger partial charge >= 0.3 is 12.0 Å². The summed E-state index contributed by atoms with van der Waals surface area (Å²) in [5.41, 5.74) is 0.0373. The molecule has 1 aromatic carbocycles. The van der Waals surface area contributed by atoms with Crippen molar-refractivity contribution in [2.24, 2.45) is 0 Å². The first kappa shape index (κ1) is 17.3. The standard InChI is InChI=1S/C14H19ClN2O4/c1-2-8-21-9-4-7-16-14(20)17-11-6-3-5-10(15)12(11)13(18)19/h3,5-6H,2,4,7-9H2,1H3,(H,18,19)(H2,16,17,20). The highest BCUT2D eigenvalue weighted by Crippen LogP contribution is 2.24. The summed E-state index contributed by atoms with van der Waals surface area (Å²) in [4.78, 5) is 22.8. The number of aromatic carboxylic acids is 1. The number of nitrogens with one attached hydrogen (secondary N) is 2. The Hall–Kier alpha value is -1.79. The number of carbonyl (C=O) groups is 2. The Kier molecular flexibility index (Phi) is 7.56. The quantitative estimate of drug-likeness (QED) is 0.644. The monoisotopic (exact) mass is 314 g/mol. The zero-order valence-corrected chi connectivity index (χ0v) is 12.6. The molecule has 6 nitrogen and oxygen atoms in total. The van der Waals surface area contributed by atoms with Crippen LogP contribution in [0, 0.1) is 0 Å². The zero-order chi connectivity index (χ0) is 15.7. The van der Waals surface area contributed by atoms with Crippen molar-refractivity contribution in [2.45, 2.75) is 19.8 Å². The predicted octanol–water partition coefficient (Wildman–Crippen LogP) is 2.98. The Bertz CT molecular complexity index is 494. The second-order valence-corrected chi connectivity index (χ2v) is 4.72. The minimum Gasteiger partial charge on any atom is -0.478 e. The van der Waals surface area contributed by atoms with Crippen molar-refractivity contribution in [1.29, 1.82) is 0 Å². The van der Waals surface area contributed by atoms with Gasteiger partial charge in [0.2, 0.25) is 0 Å². The Balaban J connectivity index is 2.45. The fraction of sp³-hybridized carbons (Fsp3) is 0.429. The highest BCUT2D eigenvalue weighted by molar-refractivity contribution is 6.34. The van der Waals surface area contributed by atoms with Crippen LogP contribution < -0.4 is 10.6 Å². The molecule has 0 saturated heterocycles. The van der Waals surface area contributed by atoms with E-state index >= 15 is 0 Å². The van der Waals surface area contributed by atoms with Crippen LogP contribution in [-0.2, 0) is 4.74 Å². The number of ether oxygens (including phenoxy) is 1. The van der Waals surface area contributed by atoms with E-state index in [9.17, 15) is 9.59 Å². The van der Waals surface area contributed by atoms with E-state index in [-0.39, 0.29) is 16.3 Å². The van der Waals surface area contributed by atoms with Crippen molar-refractivity contribution >= 4 is 29.3 Å². The molecule has 0 aliphatic heterocycles. The lowest BCUT2D eigenvalue weighted by atomic mass is 10.2. The normalized spacial score (nSPS) is 10.2. The molecule has 0 fully saturated rings. The van der Waals surface area contributed by atoms with E-state index in [0.717, 1.165) is 6.42 Å². The SMILES string of the molecule is CCCOCCCNC(=O)Nc1cccc(Cl)c1C(=O)O. The van der Waals surface area contributed by atoms with Gasteiger partial charge in [0.05, 0.1) is 10.7 Å². The number of urea groups is 1. The number of rotatable bonds is 8. The van der Waals surface area contributed by atoms with Crippen LogP contribution in [0.5, 0.6) is 0 Å². The molecule has 0 atom stereocenters. The molecule has 21 heavy (non-hydrogen) atoms. The second-order valence-electron chi connectivity index (χ2n) is 4.31. The molecule has 0 bridgehead atoms. The molecular weight excluding hydrogens is 296 g/mol. The molecule has 7 heteroatoms. The third kappa shape index (κ3) is 6.01. The van der Waals surface area contributed by atoms with E-state index < -0.39 is 12.0 Å². The van der Waals surface area contributed by atoms with Crippen LogP contribution in [0.15, 0.2) is 18.2 Å². The summed E-state index contributed by atoms with van der Waals surface area (Å²) in [6.07, 6.45) is 1.65. The second kappa shape index (κ2) is 9.20. The lowest BCUT2D eigenvalue weighted by Gasteiger charge is -2.11. The largest absolute Gasteiger partial charge is 0.478 e. The summed E-state index contributed by atoms with van der Waals surface area (Å²) in [6, 6.07) is 4.04. The van der Waals surface area contributed by atoms with Gasteiger partial charge in [0.1, 0.15) is 5.56 Å². The first-order valence-electron chi connectivity index (χ1n) is 6.70. The fourth-order valence-corrected chi connectivity index (χ4v) is 1.89. The highest BCUT2D eigenvalue weighted by atomic mass is 35.5. The van der Waals surface area contributed by atoms with Gasteiger partial charge in [-0.2, -0.15) is 0 Å². The van der Waals surface area contributed by atoms with Gasteiger partial charge in [-0.3, -0.25) is 0 Å². The van der Waals surface area contributed by atoms with Gasteiger partial charge in [-0.15, -0.1) is 0 Å². The van der Waals surface area contributed by atoms with Crippen LogP contribution in [-0.4, -0.2) is 36.9 Å². The molecule has 1 aromatic rings. The number of hydrogen-bond donors (Lipinski definition) is 3. The molecule has 0 aliphatic carbocycles. The number of hydrogen-bond acceptors (Lipinski definition) is 3. The van der Waals surface area contributed by atoms with Crippen LogP contribution in [0.2, 0.25) is 5.02 Å². The Labute approximate surface area is 128 Å². The number of carboxylic acid groups (broad SMARTS) is 1. The average molecular weight is 315 g/mol. The summed E-state index contributed by atoms with van der Waals surface area (Å²) in [5, 5.41) is 14.3. The van der Waals surface area contributed by atoms with Crippen molar-refractivity contribution < 1.29 is 19.4 Å². The molecular formula is C14H19ClN2O4. The fourth-order valence-electron chi connectivity index (χ4n) is 1.63. The molecule has 116 valence electrons. The maximum atomic E-state index is 11.7. The molecule has 0 aromatic heterocycles. The first-order valence-corrected chi connectivity index (χ1v) is 7.08. The number of anilines is 1. The van der Waals surface area contributed by atoms with Gasteiger partial charge in [-0.25, -0.2) is 9.59 Å². The molecule has 2 amide bonds. The van der Waals surface area contributed by atoms with E-state index in [1.807, 2.05) is 6.92 Å². The Morgan fingerprint density at radius 3 is 2.76 bits per heavy atom. The van der Waals surface area contributed by atoms with Crippen LogP contribution >= 0.6 is 11.6 Å². The van der Waals surface area contributed by atoms with Gasteiger partial charge < -0.3 is 20.5 Å². The van der Waals surface area contributed by atoms with Crippen LogP contribution in [0.3, 0.4) is 0 Å². The molecule has 0 heterocycles. The number of benzene rings is 1. The van der Waals surface area contributed by atoms with Crippen molar-refractivity contribution in [1.82, 2.24) is 5.32 Å². The van der Waals surface area contributed by atoms with Gasteiger partial charge in [-0.1, -0.05) is 24.6 Å². The molecule has 0 unspecified atom stereocenters. The van der Waals surface area contributed by atoms with Crippen molar-refractivity contribution in [3.8, 4) is 0 Å². The maximum absolute atomic E-state index is 11.7. The van der Waals surface area contributed by atoms with E-state index in [0.29, 0.717) is 26.2 Å². The average Bonchev–Trinajstić information content (AvgIpc) is 2.42. The Morgan fingerprint density at radius 2 is 2.10 bits per heavy atom. The third-order valence-corrected chi connectivity index (χ3v) is 2.89. The Morgan fingerprint density at radius 1 is 1.33 bits per heavy atom. The van der Waals surface area contributed by atoms with Crippen molar-refractivity contribution in [3.63, 3.8) is 0 Å². The van der Waals surface area contributed by atoms with Gasteiger partial charge in [0, 0.05) is 19.8 Å². The predicted molar refractivity (Wildman–Crippen MR) is 81.2 cm³/mol. The lowest BCUT2D eigenvalue weighted by molar-refractivity contribution is 0.0698. The van der Waals surface area contributed by atoms with E-state index in [4.69, 9.17) is 21.4 Å². The summed E-state index contributed by atoms with van der Waals surface area (Å²) < 4.78 is 5.28. The number of amides is 2. The van der Waals surface area contributed by atoms with E-state index in [1.165, 1.54) is 12.1 Å². The topological polar surface area (TPSA) is 87.7 Å². The summed E-state index contributed by atoms with van der Waals surface area (Å²) in [6.45, 7) is 3.75. The summed E-state index contributed by atoms with van der Waals surface area (Å²) in [5.74, 6) is -1.19. The van der Waals surface area contributed by atoms with E-state index in [1.54, 1.807) is 6.07 Å². The summed E-state index contributed by atoms with van der Waals surface area (Å²) in [7, 11) is 0. The molecule has 0 saturated carbocycles. The van der Waals surface area contributed by atoms with Crippen molar-refractivity contribution in [2.75, 3.05) is 25.1 Å². The van der Waals surface area contributed by atoms with Gasteiger partial charge in [-0.05, 0) is 25.0 Å². The van der Waals surface area contributed by atoms with Gasteiger partial charge in [0.15, 0.2) is 0 Å². The molecule has 3 N–H and O–H groups in total. The number of carboxylic acids is 1. The molecule has 0 spiro atoms. The van der Waals surface area contributed by atoms with Crippen molar-refractivity contribution in [3.05, 3.63) is 28.8 Å². The van der Waals surface area contributed by atoms with Crippen LogP contribution in [0.25, 0.3) is 0 Å². The van der Waals surface area contributed by atoms with Crippen LogP contribution in [0.4, 0.5) is 10.5 Å². The minimum atomic E-state index is -1.19. The lowest BCUT2D eigenvalue weighted by Crippen LogP contribution is -2.30. The molecule has 0 radical (unpaired) electrons. The molecule has 0 aliphatic rings. The highest BCUT2D eigenvalue weighted by Gasteiger charge is 2.15. The minimum absolute atomic E-state index is 0.0771. The third-order valence-electron chi connectivity index (χ3n) is 2.58. The maximum Gasteiger partial charge on any atom is 0.339 e.